The van der Waals surface area contributed by atoms with Crippen LogP contribution in [-0.4, -0.2) is 44.3 Å². The molecule has 4 rings (SSSR count). The number of pyridine rings is 1. The third-order valence-electron chi connectivity index (χ3n) is 7.10. The number of anilines is 3. The van der Waals surface area contributed by atoms with Gasteiger partial charge in [-0.3, -0.25) is 19.1 Å². The Bertz CT molecular complexity index is 1420. The lowest BCUT2D eigenvalue weighted by atomic mass is 9.78. The number of aryl methyl sites for hydroxylation is 1. The Morgan fingerprint density at radius 2 is 1.97 bits per heavy atom. The van der Waals surface area contributed by atoms with Crippen LogP contribution in [0.3, 0.4) is 0 Å². The molecule has 1 aromatic carbocycles. The van der Waals surface area contributed by atoms with Gasteiger partial charge in [0.1, 0.15) is 23.1 Å². The molecule has 36 heavy (non-hydrogen) atoms. The molecule has 3 N–H and O–H groups in total. The van der Waals surface area contributed by atoms with Crippen molar-refractivity contribution >= 4 is 23.0 Å². The van der Waals surface area contributed by atoms with E-state index in [4.69, 9.17) is 0 Å². The summed E-state index contributed by atoms with van der Waals surface area (Å²) < 4.78 is 1.56. The number of carbonyl (C=O) groups excluding carboxylic acids is 1. The summed E-state index contributed by atoms with van der Waals surface area (Å²) in [7, 11) is 3.31. The monoisotopic (exact) mass is 491 g/mol. The maximum atomic E-state index is 12.7. The number of aromatic hydroxyl groups is 1. The van der Waals surface area contributed by atoms with Gasteiger partial charge >= 0.3 is 0 Å². The van der Waals surface area contributed by atoms with E-state index in [-0.39, 0.29) is 28.2 Å². The summed E-state index contributed by atoms with van der Waals surface area (Å²) in [6.07, 6.45) is 6.72. The van der Waals surface area contributed by atoms with Gasteiger partial charge in [0, 0.05) is 33.0 Å². The van der Waals surface area contributed by atoms with Crippen molar-refractivity contribution in [1.82, 2.24) is 19.7 Å². The van der Waals surface area contributed by atoms with Crippen LogP contribution in [0, 0.1) is 16.7 Å². The Balaban J connectivity index is 1.71. The topological polar surface area (TPSA) is 153 Å². The summed E-state index contributed by atoms with van der Waals surface area (Å²) in [6, 6.07) is 3.11. The number of nitriles is 1. The Kier molecular flexibility index (Phi) is 6.54. The second-order valence-electron chi connectivity index (χ2n) is 9.56. The summed E-state index contributed by atoms with van der Waals surface area (Å²) in [6.45, 7) is 4.30. The van der Waals surface area contributed by atoms with E-state index in [1.165, 1.54) is 17.2 Å². The molecule has 3 aromatic rings. The van der Waals surface area contributed by atoms with Crippen molar-refractivity contribution in [1.29, 1.82) is 5.26 Å². The minimum Gasteiger partial charge on any atom is -0.504 e. The Labute approximate surface area is 208 Å². The van der Waals surface area contributed by atoms with Crippen molar-refractivity contribution in [3.8, 4) is 11.8 Å². The fourth-order valence-electron chi connectivity index (χ4n) is 4.81. The molecule has 1 amide bonds. The van der Waals surface area contributed by atoms with Crippen LogP contribution in [-0.2, 0) is 7.05 Å². The minimum atomic E-state index is -0.746. The molecule has 0 aliphatic heterocycles. The SMILES string of the molecule is CCN(C)C(=O)c1nccc(Nc2c(N[C@@H](c3nn(C)cc3C#N)C3(C)CCCC3)c(=O)c2=O)c1O. The number of nitrogens with zero attached hydrogens (tertiary/aromatic N) is 5. The standard InChI is InChI=1S/C25H29N7O4/c1-5-31(3)24(36)19-20(33)15(8-11-27-19)28-17-18(22(35)21(17)34)29-23(25(2)9-6-7-10-25)16-14(12-26)13-32(4)30-16/h8,11,13,23,29,33H,5-7,9-10H2,1-4H3,(H,27,28)/t23-/m0/s1. The number of aromatic nitrogens is 3. The van der Waals surface area contributed by atoms with Crippen LogP contribution in [0.15, 0.2) is 28.0 Å². The fourth-order valence-corrected chi connectivity index (χ4v) is 4.81. The molecule has 0 spiro atoms. The van der Waals surface area contributed by atoms with Crippen molar-refractivity contribution in [2.75, 3.05) is 24.2 Å². The Morgan fingerprint density at radius 3 is 2.61 bits per heavy atom. The van der Waals surface area contributed by atoms with Crippen LogP contribution in [0.25, 0.3) is 0 Å². The molecule has 1 aliphatic carbocycles. The zero-order valence-electron chi connectivity index (χ0n) is 20.8. The molecule has 0 unspecified atom stereocenters. The van der Waals surface area contributed by atoms with Crippen LogP contribution in [0.1, 0.15) is 67.3 Å². The largest absolute Gasteiger partial charge is 0.504 e. The van der Waals surface area contributed by atoms with Crippen LogP contribution in [0.2, 0.25) is 0 Å². The van der Waals surface area contributed by atoms with Gasteiger partial charge in [0.05, 0.1) is 17.3 Å². The van der Waals surface area contributed by atoms with Crippen molar-refractivity contribution in [2.45, 2.75) is 45.6 Å². The molecule has 11 heteroatoms. The fraction of sp³-hybridized carbons (Fsp3) is 0.440. The van der Waals surface area contributed by atoms with E-state index >= 15 is 0 Å². The molecule has 1 aliphatic rings. The Hall–Kier alpha value is -4.20. The first-order valence-electron chi connectivity index (χ1n) is 11.8. The van der Waals surface area contributed by atoms with Crippen molar-refractivity contribution in [3.05, 3.63) is 55.9 Å². The summed E-state index contributed by atoms with van der Waals surface area (Å²) in [4.78, 5) is 43.1. The van der Waals surface area contributed by atoms with Crippen molar-refractivity contribution < 1.29 is 9.90 Å². The normalized spacial score (nSPS) is 15.4. The molecular formula is C25H29N7O4. The van der Waals surface area contributed by atoms with Gasteiger partial charge < -0.3 is 20.6 Å². The minimum absolute atomic E-state index is 0.0234. The molecule has 1 atom stereocenters. The third kappa shape index (κ3) is 4.19. The van der Waals surface area contributed by atoms with Crippen molar-refractivity contribution in [2.24, 2.45) is 12.5 Å². The van der Waals surface area contributed by atoms with E-state index in [1.807, 2.05) is 0 Å². The first-order valence-corrected chi connectivity index (χ1v) is 11.8. The van der Waals surface area contributed by atoms with Crippen LogP contribution < -0.4 is 21.5 Å². The Morgan fingerprint density at radius 1 is 1.31 bits per heavy atom. The number of amides is 1. The van der Waals surface area contributed by atoms with Gasteiger partial charge in [-0.15, -0.1) is 0 Å². The summed E-state index contributed by atoms with van der Waals surface area (Å²) >= 11 is 0. The zero-order valence-corrected chi connectivity index (χ0v) is 20.8. The molecule has 2 heterocycles. The molecule has 1 fully saturated rings. The number of rotatable bonds is 8. The summed E-state index contributed by atoms with van der Waals surface area (Å²) in [5.41, 5.74) is -0.879. The number of carbonyl (C=O) groups is 1. The van der Waals surface area contributed by atoms with Gasteiger partial charge in [-0.05, 0) is 31.2 Å². The second-order valence-corrected chi connectivity index (χ2v) is 9.56. The molecule has 0 radical (unpaired) electrons. The van der Waals surface area contributed by atoms with Crippen LogP contribution in [0.4, 0.5) is 17.1 Å². The van der Waals surface area contributed by atoms with Crippen molar-refractivity contribution in [3.63, 3.8) is 0 Å². The van der Waals surface area contributed by atoms with Gasteiger partial charge in [0.15, 0.2) is 11.4 Å². The predicted octanol–water partition coefficient (Wildman–Crippen LogP) is 2.56. The van der Waals surface area contributed by atoms with E-state index in [0.717, 1.165) is 25.7 Å². The highest BCUT2D eigenvalue weighted by molar-refractivity contribution is 5.97. The lowest BCUT2D eigenvalue weighted by Crippen LogP contribution is -2.40. The van der Waals surface area contributed by atoms with E-state index in [1.54, 1.807) is 31.9 Å². The molecule has 1 saturated carbocycles. The second kappa shape index (κ2) is 9.45. The van der Waals surface area contributed by atoms with E-state index in [0.29, 0.717) is 17.8 Å². The predicted molar refractivity (Wildman–Crippen MR) is 134 cm³/mol. The molecular weight excluding hydrogens is 462 g/mol. The highest BCUT2D eigenvalue weighted by Crippen LogP contribution is 2.49. The molecule has 188 valence electrons. The molecule has 2 aromatic heterocycles. The quantitative estimate of drug-likeness (QED) is 0.403. The number of nitrogens with one attached hydrogen (secondary N) is 2. The zero-order chi connectivity index (χ0) is 26.2. The lowest BCUT2D eigenvalue weighted by molar-refractivity contribution is 0.0793. The lowest BCUT2D eigenvalue weighted by Gasteiger charge is -2.35. The van der Waals surface area contributed by atoms with Gasteiger partial charge in [0.2, 0.25) is 0 Å². The van der Waals surface area contributed by atoms with Gasteiger partial charge in [-0.25, -0.2) is 4.98 Å². The summed E-state index contributed by atoms with van der Waals surface area (Å²) in [5, 5.41) is 30.9. The smallest absolute Gasteiger partial charge is 0.276 e. The van der Waals surface area contributed by atoms with E-state index < -0.39 is 28.6 Å². The maximum Gasteiger partial charge on any atom is 0.276 e. The van der Waals surface area contributed by atoms with E-state index in [9.17, 15) is 24.8 Å². The van der Waals surface area contributed by atoms with E-state index in [2.05, 4.69) is 33.7 Å². The molecule has 0 bridgehead atoms. The highest BCUT2D eigenvalue weighted by Gasteiger charge is 2.42. The molecule has 11 nitrogen and oxygen atoms in total. The number of hydrogen-bond donors (Lipinski definition) is 3. The third-order valence-corrected chi connectivity index (χ3v) is 7.10. The van der Waals surface area contributed by atoms with Gasteiger partial charge in [-0.1, -0.05) is 19.8 Å². The van der Waals surface area contributed by atoms with Gasteiger partial charge in [0.25, 0.3) is 16.8 Å². The highest BCUT2D eigenvalue weighted by atomic mass is 16.3. The van der Waals surface area contributed by atoms with Crippen LogP contribution in [0.5, 0.6) is 5.75 Å². The summed E-state index contributed by atoms with van der Waals surface area (Å²) in [5.74, 6) is -0.895. The van der Waals surface area contributed by atoms with Gasteiger partial charge in [-0.2, -0.15) is 10.4 Å². The average Bonchev–Trinajstić information content (AvgIpc) is 3.48. The number of hydrogen-bond acceptors (Lipinski definition) is 9. The average molecular weight is 492 g/mol. The molecule has 0 saturated heterocycles. The first kappa shape index (κ1) is 24.9. The first-order chi connectivity index (χ1) is 17.1. The van der Waals surface area contributed by atoms with Crippen LogP contribution >= 0.6 is 0 Å². The maximum absolute atomic E-state index is 12.7.